The van der Waals surface area contributed by atoms with Gasteiger partial charge in [0.1, 0.15) is 6.61 Å². The van der Waals surface area contributed by atoms with Crippen molar-refractivity contribution in [3.8, 4) is 9.88 Å². The van der Waals surface area contributed by atoms with Crippen molar-refractivity contribution in [1.29, 1.82) is 0 Å². The molecular weight excluding hydrogens is 258 g/mol. The van der Waals surface area contributed by atoms with Crippen LogP contribution < -0.4 is 5.73 Å². The molecule has 0 fully saturated rings. The highest BCUT2D eigenvalue weighted by atomic mass is 32.1. The van der Waals surface area contributed by atoms with Crippen LogP contribution in [0.4, 0.5) is 5.69 Å². The first-order valence-corrected chi connectivity index (χ1v) is 6.52. The summed E-state index contributed by atoms with van der Waals surface area (Å²) in [7, 11) is 1.62. The lowest BCUT2D eigenvalue weighted by Crippen LogP contribution is -1.97. The Bertz CT molecular complexity index is 655. The van der Waals surface area contributed by atoms with E-state index in [0.29, 0.717) is 12.4 Å². The fourth-order valence-corrected chi connectivity index (χ4v) is 3.25. The van der Waals surface area contributed by atoms with Gasteiger partial charge in [-0.15, -0.1) is 21.5 Å². The average molecular weight is 267 g/mol. The van der Waals surface area contributed by atoms with Crippen LogP contribution in [0.2, 0.25) is 0 Å². The summed E-state index contributed by atoms with van der Waals surface area (Å²) in [6.45, 7) is 0.393. The number of ether oxygens (including phenoxy) is 1. The quantitative estimate of drug-likeness (QED) is 0.780. The number of hydrogen-bond donors (Lipinski definition) is 1. The van der Waals surface area contributed by atoms with Crippen molar-refractivity contribution < 1.29 is 4.74 Å². The lowest BCUT2D eigenvalue weighted by molar-refractivity contribution is 0.176. The monoisotopic (exact) mass is 267 g/mol. The van der Waals surface area contributed by atoms with Crippen LogP contribution in [0.15, 0.2) is 11.4 Å². The lowest BCUT2D eigenvalue weighted by atomic mass is 10.4. The van der Waals surface area contributed by atoms with Crippen molar-refractivity contribution >= 4 is 33.3 Å². The predicted octanol–water partition coefficient (Wildman–Crippen LogP) is 1.64. The van der Waals surface area contributed by atoms with E-state index in [-0.39, 0.29) is 0 Å². The number of nitrogen functional groups attached to an aromatic ring is 1. The molecular formula is C9H9N5OS2. The molecule has 3 heterocycles. The van der Waals surface area contributed by atoms with Crippen LogP contribution in [0.3, 0.4) is 0 Å². The van der Waals surface area contributed by atoms with Gasteiger partial charge in [0, 0.05) is 7.11 Å². The third kappa shape index (κ3) is 1.70. The van der Waals surface area contributed by atoms with Crippen molar-refractivity contribution in [2.75, 3.05) is 12.8 Å². The highest BCUT2D eigenvalue weighted by Gasteiger charge is 2.14. The molecule has 2 N–H and O–H groups in total. The van der Waals surface area contributed by atoms with Gasteiger partial charge in [-0.3, -0.25) is 0 Å². The molecule has 3 aromatic heterocycles. The molecule has 0 spiro atoms. The molecule has 0 aliphatic heterocycles. The Morgan fingerprint density at radius 1 is 1.47 bits per heavy atom. The first-order valence-electron chi connectivity index (χ1n) is 4.83. The molecule has 0 saturated heterocycles. The second kappa shape index (κ2) is 4.06. The van der Waals surface area contributed by atoms with Crippen LogP contribution in [-0.4, -0.2) is 26.9 Å². The van der Waals surface area contributed by atoms with E-state index in [0.717, 1.165) is 20.5 Å². The van der Waals surface area contributed by atoms with Crippen molar-refractivity contribution in [2.45, 2.75) is 6.61 Å². The Morgan fingerprint density at radius 2 is 2.35 bits per heavy atom. The number of hydrogen-bond acceptors (Lipinski definition) is 7. The van der Waals surface area contributed by atoms with Gasteiger partial charge in [0.05, 0.1) is 10.6 Å². The third-order valence-electron chi connectivity index (χ3n) is 2.22. The van der Waals surface area contributed by atoms with Gasteiger partial charge in [0.2, 0.25) is 4.96 Å². The number of thiophene rings is 1. The van der Waals surface area contributed by atoms with Crippen molar-refractivity contribution in [1.82, 2.24) is 19.8 Å². The minimum Gasteiger partial charge on any atom is -0.397 e. The summed E-state index contributed by atoms with van der Waals surface area (Å²) < 4.78 is 6.73. The molecule has 8 heteroatoms. The van der Waals surface area contributed by atoms with Crippen molar-refractivity contribution in [3.05, 3.63) is 17.3 Å². The van der Waals surface area contributed by atoms with Gasteiger partial charge in [-0.1, -0.05) is 11.3 Å². The van der Waals surface area contributed by atoms with Gasteiger partial charge in [-0.2, -0.15) is 9.61 Å². The van der Waals surface area contributed by atoms with Crippen LogP contribution in [0.5, 0.6) is 0 Å². The van der Waals surface area contributed by atoms with Gasteiger partial charge in [0.25, 0.3) is 0 Å². The summed E-state index contributed by atoms with van der Waals surface area (Å²) in [5.41, 5.74) is 6.61. The van der Waals surface area contributed by atoms with Crippen molar-refractivity contribution in [3.63, 3.8) is 0 Å². The minimum atomic E-state index is 0.393. The molecule has 0 unspecified atom stereocenters. The molecule has 0 atom stereocenters. The van der Waals surface area contributed by atoms with Crippen LogP contribution >= 0.6 is 22.7 Å². The maximum atomic E-state index is 5.87. The zero-order valence-electron chi connectivity index (χ0n) is 8.95. The Balaban J connectivity index is 2.11. The number of fused-ring (bicyclic) bond motifs is 1. The van der Waals surface area contributed by atoms with E-state index in [4.69, 9.17) is 10.5 Å². The number of methoxy groups -OCH3 is 1. The summed E-state index contributed by atoms with van der Waals surface area (Å²) in [5, 5.41) is 15.3. The minimum absolute atomic E-state index is 0.393. The highest BCUT2D eigenvalue weighted by molar-refractivity contribution is 7.24. The number of nitrogens with two attached hydrogens (primary N) is 1. The third-order valence-corrected chi connectivity index (χ3v) is 4.20. The topological polar surface area (TPSA) is 78.3 Å². The summed E-state index contributed by atoms with van der Waals surface area (Å²) in [6, 6.07) is 1.87. The SMILES string of the molecule is COCc1nnc2sc(-c3sccc3N)nn12. The normalized spacial score (nSPS) is 11.4. The molecule has 17 heavy (non-hydrogen) atoms. The van der Waals surface area contributed by atoms with E-state index < -0.39 is 0 Å². The van der Waals surface area contributed by atoms with E-state index in [1.165, 1.54) is 11.3 Å². The molecule has 0 aromatic carbocycles. The maximum Gasteiger partial charge on any atom is 0.235 e. The second-order valence-corrected chi connectivity index (χ2v) is 5.23. The standard InChI is InChI=1S/C9H9N5OS2/c1-15-4-6-11-12-9-14(6)13-8(17-9)7-5(10)2-3-16-7/h2-3H,4,10H2,1H3. The number of nitrogens with zero attached hydrogens (tertiary/aromatic N) is 4. The number of rotatable bonds is 3. The lowest BCUT2D eigenvalue weighted by Gasteiger charge is -1.93. The van der Waals surface area contributed by atoms with E-state index in [1.807, 2.05) is 11.4 Å². The molecule has 0 saturated carbocycles. The van der Waals surface area contributed by atoms with Gasteiger partial charge in [-0.05, 0) is 11.4 Å². The maximum absolute atomic E-state index is 5.87. The van der Waals surface area contributed by atoms with Gasteiger partial charge in [-0.25, -0.2) is 0 Å². The van der Waals surface area contributed by atoms with E-state index in [9.17, 15) is 0 Å². The Morgan fingerprint density at radius 3 is 3.06 bits per heavy atom. The molecule has 0 aliphatic rings. The molecule has 0 bridgehead atoms. The zero-order chi connectivity index (χ0) is 11.8. The Kier molecular flexibility index (Phi) is 2.54. The summed E-state index contributed by atoms with van der Waals surface area (Å²) >= 11 is 3.04. The van der Waals surface area contributed by atoms with Crippen LogP contribution in [-0.2, 0) is 11.3 Å². The van der Waals surface area contributed by atoms with E-state index in [1.54, 1.807) is 23.0 Å². The molecule has 0 radical (unpaired) electrons. The molecule has 3 rings (SSSR count). The summed E-state index contributed by atoms with van der Waals surface area (Å²) in [4.78, 5) is 1.73. The first-order chi connectivity index (χ1) is 8.29. The number of aromatic nitrogens is 4. The smallest absolute Gasteiger partial charge is 0.235 e. The molecule has 6 nitrogen and oxygen atoms in total. The number of anilines is 1. The highest BCUT2D eigenvalue weighted by Crippen LogP contribution is 2.34. The largest absolute Gasteiger partial charge is 0.397 e. The first kappa shape index (κ1) is 10.6. The van der Waals surface area contributed by atoms with E-state index >= 15 is 0 Å². The summed E-state index contributed by atoms with van der Waals surface area (Å²) in [5.74, 6) is 0.695. The van der Waals surface area contributed by atoms with Gasteiger partial charge in [0.15, 0.2) is 10.8 Å². The fraction of sp³-hybridized carbons (Fsp3) is 0.222. The van der Waals surface area contributed by atoms with Crippen LogP contribution in [0, 0.1) is 0 Å². The van der Waals surface area contributed by atoms with Crippen molar-refractivity contribution in [2.24, 2.45) is 0 Å². The fourth-order valence-electron chi connectivity index (χ4n) is 1.46. The van der Waals surface area contributed by atoms with E-state index in [2.05, 4.69) is 15.3 Å². The van der Waals surface area contributed by atoms with Gasteiger partial charge >= 0.3 is 0 Å². The predicted molar refractivity (Wildman–Crippen MR) is 67.1 cm³/mol. The average Bonchev–Trinajstić information content (AvgIpc) is 2.95. The zero-order valence-corrected chi connectivity index (χ0v) is 10.6. The van der Waals surface area contributed by atoms with Gasteiger partial charge < -0.3 is 10.5 Å². The molecule has 0 aliphatic carbocycles. The molecule has 3 aromatic rings. The van der Waals surface area contributed by atoms with Crippen LogP contribution in [0.25, 0.3) is 14.8 Å². The Hall–Kier alpha value is -1.51. The molecule has 0 amide bonds. The molecule has 88 valence electrons. The Labute approximate surface area is 105 Å². The van der Waals surface area contributed by atoms with Crippen LogP contribution in [0.1, 0.15) is 5.82 Å². The summed E-state index contributed by atoms with van der Waals surface area (Å²) in [6.07, 6.45) is 0. The second-order valence-electron chi connectivity index (χ2n) is 3.36.